The van der Waals surface area contributed by atoms with Crippen LogP contribution in [0.1, 0.15) is 30.7 Å². The van der Waals surface area contributed by atoms with Gasteiger partial charge in [0.2, 0.25) is 0 Å². The molecule has 7 heteroatoms. The average molecular weight is 236 g/mol. The molecule has 0 fully saturated rings. The molecule has 0 aliphatic heterocycles. The number of carboxylic acid groups (broad SMARTS) is 1. The molecule has 0 amide bonds. The first kappa shape index (κ1) is 12.5. The summed E-state index contributed by atoms with van der Waals surface area (Å²) in [5, 5.41) is 12.1. The van der Waals surface area contributed by atoms with Crippen LogP contribution < -0.4 is 0 Å². The van der Waals surface area contributed by atoms with Crippen molar-refractivity contribution in [1.29, 1.82) is 0 Å². The molecule has 0 aromatic carbocycles. The maximum Gasteiger partial charge on any atom is 0.435 e. The Balaban J connectivity index is 3.15. The van der Waals surface area contributed by atoms with Crippen LogP contribution in [0.5, 0.6) is 0 Å². The van der Waals surface area contributed by atoms with Gasteiger partial charge < -0.3 is 5.11 Å². The van der Waals surface area contributed by atoms with Gasteiger partial charge in [0.05, 0.1) is 11.6 Å². The Kier molecular flexibility index (Phi) is 3.25. The van der Waals surface area contributed by atoms with E-state index in [0.717, 1.165) is 10.7 Å². The van der Waals surface area contributed by atoms with E-state index in [9.17, 15) is 18.0 Å². The minimum absolute atomic E-state index is 0.0577. The SMILES string of the molecule is CCC(C(=O)O)c1cc(C(F)(F)F)nn1C. The van der Waals surface area contributed by atoms with Crippen LogP contribution >= 0.6 is 0 Å². The molecule has 0 aliphatic carbocycles. The molecule has 1 aromatic heterocycles. The first-order chi connectivity index (χ1) is 7.27. The molecule has 1 rings (SSSR count). The van der Waals surface area contributed by atoms with Gasteiger partial charge in [-0.1, -0.05) is 6.92 Å². The number of hydrogen-bond donors (Lipinski definition) is 1. The zero-order valence-corrected chi connectivity index (χ0v) is 8.75. The molecule has 16 heavy (non-hydrogen) atoms. The molecule has 0 radical (unpaired) electrons. The lowest BCUT2D eigenvalue weighted by molar-refractivity contribution is -0.141. The molecule has 1 aromatic rings. The molecule has 0 aliphatic rings. The Morgan fingerprint density at radius 1 is 1.62 bits per heavy atom. The van der Waals surface area contributed by atoms with Crippen molar-refractivity contribution < 1.29 is 23.1 Å². The van der Waals surface area contributed by atoms with E-state index in [1.165, 1.54) is 7.05 Å². The predicted molar refractivity (Wildman–Crippen MR) is 48.9 cm³/mol. The fourth-order valence-corrected chi connectivity index (χ4v) is 1.46. The van der Waals surface area contributed by atoms with Crippen LogP contribution in [0.15, 0.2) is 6.07 Å². The van der Waals surface area contributed by atoms with Crippen molar-refractivity contribution in [3.05, 3.63) is 17.5 Å². The molecular formula is C9H11F3N2O2. The lowest BCUT2D eigenvalue weighted by atomic mass is 10.0. The molecular weight excluding hydrogens is 225 g/mol. The monoisotopic (exact) mass is 236 g/mol. The average Bonchev–Trinajstić information content (AvgIpc) is 2.48. The normalized spacial score (nSPS) is 13.8. The number of aromatic nitrogens is 2. The summed E-state index contributed by atoms with van der Waals surface area (Å²) in [6, 6.07) is 0.780. The maximum atomic E-state index is 12.3. The highest BCUT2D eigenvalue weighted by Crippen LogP contribution is 2.30. The quantitative estimate of drug-likeness (QED) is 0.873. The summed E-state index contributed by atoms with van der Waals surface area (Å²) in [5.41, 5.74) is -1.01. The van der Waals surface area contributed by atoms with Gasteiger partial charge in [-0.2, -0.15) is 18.3 Å². The van der Waals surface area contributed by atoms with Crippen LogP contribution in [0.25, 0.3) is 0 Å². The van der Waals surface area contributed by atoms with Crippen LogP contribution in [0.4, 0.5) is 13.2 Å². The van der Waals surface area contributed by atoms with Gasteiger partial charge in [0.15, 0.2) is 5.69 Å². The molecule has 0 saturated heterocycles. The third-order valence-corrected chi connectivity index (χ3v) is 2.27. The number of aryl methyl sites for hydroxylation is 1. The summed E-state index contributed by atoms with van der Waals surface area (Å²) < 4.78 is 37.9. The highest BCUT2D eigenvalue weighted by molar-refractivity contribution is 5.75. The molecule has 0 spiro atoms. The summed E-state index contributed by atoms with van der Waals surface area (Å²) >= 11 is 0. The molecule has 1 unspecified atom stereocenters. The number of hydrogen-bond acceptors (Lipinski definition) is 2. The Hall–Kier alpha value is -1.53. The van der Waals surface area contributed by atoms with E-state index >= 15 is 0 Å². The van der Waals surface area contributed by atoms with Crippen molar-refractivity contribution >= 4 is 5.97 Å². The fourth-order valence-electron chi connectivity index (χ4n) is 1.46. The number of aliphatic carboxylic acids is 1. The van der Waals surface area contributed by atoms with Gasteiger partial charge in [-0.05, 0) is 12.5 Å². The fraction of sp³-hybridized carbons (Fsp3) is 0.556. The summed E-state index contributed by atoms with van der Waals surface area (Å²) in [6.45, 7) is 1.60. The highest BCUT2D eigenvalue weighted by Gasteiger charge is 2.36. The van der Waals surface area contributed by atoms with Crippen molar-refractivity contribution in [2.75, 3.05) is 0 Å². The lowest BCUT2D eigenvalue weighted by Crippen LogP contribution is -2.14. The number of rotatable bonds is 3. The van der Waals surface area contributed by atoms with Gasteiger partial charge in [-0.3, -0.25) is 9.48 Å². The van der Waals surface area contributed by atoms with Crippen LogP contribution in [0, 0.1) is 0 Å². The van der Waals surface area contributed by atoms with Gasteiger partial charge in [-0.25, -0.2) is 0 Å². The second-order valence-electron chi connectivity index (χ2n) is 3.37. The summed E-state index contributed by atoms with van der Waals surface area (Å²) in [6.07, 6.45) is -4.33. The standard InChI is InChI=1S/C9H11F3N2O2/c1-3-5(8(15)16)6-4-7(9(10,11)12)13-14(6)2/h4-5H,3H2,1-2H3,(H,15,16). The van der Waals surface area contributed by atoms with Gasteiger partial charge in [-0.15, -0.1) is 0 Å². The maximum absolute atomic E-state index is 12.3. The number of nitrogens with zero attached hydrogens (tertiary/aromatic N) is 2. The second kappa shape index (κ2) is 4.15. The van der Waals surface area contributed by atoms with E-state index in [0.29, 0.717) is 0 Å². The predicted octanol–water partition coefficient (Wildman–Crippen LogP) is 2.02. The third kappa shape index (κ3) is 2.34. The van der Waals surface area contributed by atoms with E-state index in [2.05, 4.69) is 5.10 Å². The Bertz CT molecular complexity index is 398. The zero-order valence-electron chi connectivity index (χ0n) is 8.75. The Labute approximate surface area is 89.7 Å². The molecule has 4 nitrogen and oxygen atoms in total. The van der Waals surface area contributed by atoms with Crippen LogP contribution in [0.3, 0.4) is 0 Å². The van der Waals surface area contributed by atoms with E-state index in [1.807, 2.05) is 0 Å². The van der Waals surface area contributed by atoms with Gasteiger partial charge in [0, 0.05) is 7.05 Å². The first-order valence-electron chi connectivity index (χ1n) is 4.61. The number of carboxylic acids is 1. The van der Waals surface area contributed by atoms with Crippen LogP contribution in [-0.2, 0) is 18.0 Å². The van der Waals surface area contributed by atoms with Gasteiger partial charge in [0.25, 0.3) is 0 Å². The summed E-state index contributed by atoms with van der Waals surface area (Å²) in [7, 11) is 1.30. The molecule has 1 atom stereocenters. The summed E-state index contributed by atoms with van der Waals surface area (Å²) in [5.74, 6) is -2.12. The van der Waals surface area contributed by atoms with E-state index < -0.39 is 23.8 Å². The van der Waals surface area contributed by atoms with Gasteiger partial charge in [0.1, 0.15) is 0 Å². The van der Waals surface area contributed by atoms with E-state index in [-0.39, 0.29) is 12.1 Å². The first-order valence-corrected chi connectivity index (χ1v) is 4.61. The number of halogens is 3. The van der Waals surface area contributed by atoms with Crippen LogP contribution in [0.2, 0.25) is 0 Å². The minimum atomic E-state index is -4.55. The molecule has 90 valence electrons. The van der Waals surface area contributed by atoms with Crippen molar-refractivity contribution in [3.63, 3.8) is 0 Å². The second-order valence-corrected chi connectivity index (χ2v) is 3.37. The Morgan fingerprint density at radius 2 is 2.19 bits per heavy atom. The minimum Gasteiger partial charge on any atom is -0.481 e. The van der Waals surface area contributed by atoms with Crippen molar-refractivity contribution in [1.82, 2.24) is 9.78 Å². The zero-order chi connectivity index (χ0) is 12.5. The van der Waals surface area contributed by atoms with Crippen molar-refractivity contribution in [2.45, 2.75) is 25.4 Å². The topological polar surface area (TPSA) is 55.1 Å². The smallest absolute Gasteiger partial charge is 0.435 e. The van der Waals surface area contributed by atoms with Crippen molar-refractivity contribution in [3.8, 4) is 0 Å². The third-order valence-electron chi connectivity index (χ3n) is 2.27. The van der Waals surface area contributed by atoms with Crippen LogP contribution in [-0.4, -0.2) is 20.9 Å². The highest BCUT2D eigenvalue weighted by atomic mass is 19.4. The van der Waals surface area contributed by atoms with Crippen molar-refractivity contribution in [2.24, 2.45) is 7.05 Å². The largest absolute Gasteiger partial charge is 0.481 e. The van der Waals surface area contributed by atoms with E-state index in [1.54, 1.807) is 6.92 Å². The molecule has 0 saturated carbocycles. The lowest BCUT2D eigenvalue weighted by Gasteiger charge is -2.08. The molecule has 0 bridgehead atoms. The summed E-state index contributed by atoms with van der Waals surface area (Å²) in [4.78, 5) is 10.8. The number of alkyl halides is 3. The Morgan fingerprint density at radius 3 is 2.50 bits per heavy atom. The van der Waals surface area contributed by atoms with Gasteiger partial charge >= 0.3 is 12.1 Å². The molecule has 1 N–H and O–H groups in total. The van der Waals surface area contributed by atoms with E-state index in [4.69, 9.17) is 5.11 Å². The molecule has 1 heterocycles. The number of carbonyl (C=O) groups is 1.